The molecule has 2 heterocycles. The molecule has 0 bridgehead atoms. The van der Waals surface area contributed by atoms with Crippen molar-refractivity contribution in [3.05, 3.63) is 0 Å². The van der Waals surface area contributed by atoms with E-state index in [1.165, 1.54) is 25.7 Å². The number of likely N-dealkylation sites (tertiary alicyclic amines) is 1. The minimum absolute atomic E-state index is 0. The van der Waals surface area contributed by atoms with Crippen LogP contribution in [0.3, 0.4) is 0 Å². The Bertz CT molecular complexity index is 407. The standard InChI is InChI=1S/C19H35N3O2.HI/c1-3-6-15-13-18(15)21-19(20-4-2)22-10-8-16(9-11-22)24-14-17-7-5-12-23-17;/h15-18H,3-14H2,1-2H3,(H,20,21);1H. The van der Waals surface area contributed by atoms with Crippen molar-refractivity contribution in [3.8, 4) is 0 Å². The maximum absolute atomic E-state index is 6.09. The fraction of sp³-hybridized carbons (Fsp3) is 0.947. The summed E-state index contributed by atoms with van der Waals surface area (Å²) < 4.78 is 11.7. The van der Waals surface area contributed by atoms with Crippen LogP contribution < -0.4 is 5.32 Å². The largest absolute Gasteiger partial charge is 0.376 e. The Labute approximate surface area is 170 Å². The van der Waals surface area contributed by atoms with Crippen LogP contribution in [0, 0.1) is 5.92 Å². The van der Waals surface area contributed by atoms with Gasteiger partial charge in [0.05, 0.1) is 18.8 Å². The molecule has 3 rings (SSSR count). The highest BCUT2D eigenvalue weighted by molar-refractivity contribution is 14.0. The van der Waals surface area contributed by atoms with Crippen LogP contribution in [0.4, 0.5) is 0 Å². The van der Waals surface area contributed by atoms with Crippen molar-refractivity contribution in [3.63, 3.8) is 0 Å². The van der Waals surface area contributed by atoms with Gasteiger partial charge in [-0.1, -0.05) is 13.3 Å². The molecule has 0 spiro atoms. The second kappa shape index (κ2) is 10.9. The van der Waals surface area contributed by atoms with Crippen LogP contribution in [-0.2, 0) is 9.47 Å². The average molecular weight is 465 g/mol. The van der Waals surface area contributed by atoms with E-state index >= 15 is 0 Å². The van der Waals surface area contributed by atoms with Gasteiger partial charge in [-0.05, 0) is 51.4 Å². The van der Waals surface area contributed by atoms with Gasteiger partial charge in [-0.25, -0.2) is 0 Å². The fourth-order valence-corrected chi connectivity index (χ4v) is 3.92. The van der Waals surface area contributed by atoms with Gasteiger partial charge >= 0.3 is 0 Å². The average Bonchev–Trinajstić information content (AvgIpc) is 3.11. The first-order chi connectivity index (χ1) is 11.8. The van der Waals surface area contributed by atoms with E-state index in [0.29, 0.717) is 18.2 Å². The van der Waals surface area contributed by atoms with Crippen LogP contribution in [-0.4, -0.2) is 62.0 Å². The Balaban J connectivity index is 0.00000225. The van der Waals surface area contributed by atoms with Crippen molar-refractivity contribution in [2.45, 2.75) is 77.0 Å². The number of aliphatic imine (C=N–C) groups is 1. The number of ether oxygens (including phenoxy) is 2. The molecule has 1 N–H and O–H groups in total. The zero-order chi connectivity index (χ0) is 16.8. The van der Waals surface area contributed by atoms with Crippen molar-refractivity contribution in [2.75, 3.05) is 32.8 Å². The molecule has 0 aromatic heterocycles. The highest BCUT2D eigenvalue weighted by Crippen LogP contribution is 2.34. The van der Waals surface area contributed by atoms with Crippen molar-refractivity contribution in [1.82, 2.24) is 10.2 Å². The Morgan fingerprint density at radius 3 is 2.68 bits per heavy atom. The number of halogens is 1. The van der Waals surface area contributed by atoms with Crippen LogP contribution in [0.25, 0.3) is 0 Å². The molecule has 0 aromatic rings. The van der Waals surface area contributed by atoms with E-state index in [4.69, 9.17) is 14.5 Å². The van der Waals surface area contributed by atoms with Gasteiger partial charge in [-0.3, -0.25) is 4.99 Å². The van der Waals surface area contributed by atoms with Crippen LogP contribution in [0.5, 0.6) is 0 Å². The number of nitrogens with one attached hydrogen (secondary N) is 1. The molecular weight excluding hydrogens is 429 g/mol. The summed E-state index contributed by atoms with van der Waals surface area (Å²) in [6.07, 6.45) is 9.23. The monoisotopic (exact) mass is 465 g/mol. The first kappa shape index (κ1) is 21.2. The first-order valence-electron chi connectivity index (χ1n) is 10.1. The summed E-state index contributed by atoms with van der Waals surface area (Å²) in [6, 6.07) is 0.656. The second-order valence-corrected chi connectivity index (χ2v) is 7.49. The maximum atomic E-state index is 6.09. The smallest absolute Gasteiger partial charge is 0.194 e. The van der Waals surface area contributed by atoms with Gasteiger partial charge in [0.25, 0.3) is 0 Å². The lowest BCUT2D eigenvalue weighted by Gasteiger charge is -2.34. The number of hydrogen-bond acceptors (Lipinski definition) is 3. The van der Waals surface area contributed by atoms with Crippen molar-refractivity contribution in [1.29, 1.82) is 0 Å². The molecule has 0 radical (unpaired) electrons. The van der Waals surface area contributed by atoms with Crippen LogP contribution in [0.1, 0.15) is 58.8 Å². The summed E-state index contributed by atoms with van der Waals surface area (Å²) in [5.41, 5.74) is 0. The van der Waals surface area contributed by atoms with Crippen molar-refractivity contribution in [2.24, 2.45) is 10.9 Å². The van der Waals surface area contributed by atoms with E-state index in [0.717, 1.165) is 64.0 Å². The van der Waals surface area contributed by atoms with E-state index in [2.05, 4.69) is 24.1 Å². The highest BCUT2D eigenvalue weighted by Gasteiger charge is 2.37. The lowest BCUT2D eigenvalue weighted by molar-refractivity contribution is -0.0367. The predicted octanol–water partition coefficient (Wildman–Crippen LogP) is 3.42. The van der Waals surface area contributed by atoms with Gasteiger partial charge in [0.1, 0.15) is 0 Å². The Hall–Kier alpha value is -0.0800. The molecule has 6 heteroatoms. The number of rotatable bonds is 7. The Morgan fingerprint density at radius 1 is 1.24 bits per heavy atom. The number of piperidine rings is 1. The summed E-state index contributed by atoms with van der Waals surface area (Å²) in [4.78, 5) is 7.15. The van der Waals surface area contributed by atoms with E-state index in [-0.39, 0.29) is 24.0 Å². The molecule has 2 aliphatic heterocycles. The Morgan fingerprint density at radius 2 is 2.04 bits per heavy atom. The van der Waals surface area contributed by atoms with E-state index in [1.807, 2.05) is 0 Å². The van der Waals surface area contributed by atoms with Gasteiger partial charge in [0.2, 0.25) is 0 Å². The molecule has 3 unspecified atom stereocenters. The lowest BCUT2D eigenvalue weighted by atomic mass is 10.1. The summed E-state index contributed by atoms with van der Waals surface area (Å²) in [5.74, 6) is 1.99. The molecule has 0 aromatic carbocycles. The molecule has 5 nitrogen and oxygen atoms in total. The van der Waals surface area contributed by atoms with Gasteiger partial charge in [-0.15, -0.1) is 24.0 Å². The molecule has 3 aliphatic rings. The van der Waals surface area contributed by atoms with Crippen LogP contribution in [0.2, 0.25) is 0 Å². The molecule has 3 fully saturated rings. The molecule has 25 heavy (non-hydrogen) atoms. The number of hydrogen-bond donors (Lipinski definition) is 1. The van der Waals surface area contributed by atoms with E-state index in [9.17, 15) is 0 Å². The number of nitrogens with zero attached hydrogens (tertiary/aromatic N) is 2. The van der Waals surface area contributed by atoms with Crippen molar-refractivity contribution >= 4 is 29.9 Å². The third-order valence-electron chi connectivity index (χ3n) is 5.49. The maximum Gasteiger partial charge on any atom is 0.194 e. The summed E-state index contributed by atoms with van der Waals surface area (Å²) in [7, 11) is 0. The zero-order valence-corrected chi connectivity index (χ0v) is 18.2. The topological polar surface area (TPSA) is 46.1 Å². The molecule has 2 saturated heterocycles. The normalized spacial score (nSPS) is 30.2. The summed E-state index contributed by atoms with van der Waals surface area (Å²) in [5, 5.41) is 3.70. The van der Waals surface area contributed by atoms with Gasteiger partial charge < -0.3 is 19.7 Å². The minimum atomic E-state index is 0. The van der Waals surface area contributed by atoms with Crippen LogP contribution >= 0.6 is 24.0 Å². The number of guanidine groups is 1. The summed E-state index contributed by atoms with van der Waals surface area (Å²) >= 11 is 0. The molecule has 0 amide bonds. The molecule has 146 valence electrons. The SMILES string of the molecule is CCCC1CC1NC(=NCC)N1CCC(OCC2CCCO2)CC1.I. The first-order valence-corrected chi connectivity index (χ1v) is 10.1. The van der Waals surface area contributed by atoms with Gasteiger partial charge in [-0.2, -0.15) is 0 Å². The fourth-order valence-electron chi connectivity index (χ4n) is 3.92. The third kappa shape index (κ3) is 6.54. The van der Waals surface area contributed by atoms with Crippen LogP contribution in [0.15, 0.2) is 4.99 Å². The molecule has 1 saturated carbocycles. The lowest BCUT2D eigenvalue weighted by Crippen LogP contribution is -2.48. The minimum Gasteiger partial charge on any atom is -0.376 e. The molecule has 1 aliphatic carbocycles. The third-order valence-corrected chi connectivity index (χ3v) is 5.49. The highest BCUT2D eigenvalue weighted by atomic mass is 127. The quantitative estimate of drug-likeness (QED) is 0.356. The predicted molar refractivity (Wildman–Crippen MR) is 113 cm³/mol. The van der Waals surface area contributed by atoms with Gasteiger partial charge in [0, 0.05) is 32.3 Å². The van der Waals surface area contributed by atoms with E-state index in [1.54, 1.807) is 0 Å². The molecular formula is C19H36IN3O2. The zero-order valence-electron chi connectivity index (χ0n) is 15.9. The Kier molecular flexibility index (Phi) is 9.27. The van der Waals surface area contributed by atoms with Crippen molar-refractivity contribution < 1.29 is 9.47 Å². The van der Waals surface area contributed by atoms with E-state index < -0.39 is 0 Å². The molecule has 3 atom stereocenters. The summed E-state index contributed by atoms with van der Waals surface area (Å²) in [6.45, 7) is 9.03. The van der Waals surface area contributed by atoms with Gasteiger partial charge in [0.15, 0.2) is 5.96 Å². The second-order valence-electron chi connectivity index (χ2n) is 7.49.